The van der Waals surface area contributed by atoms with Gasteiger partial charge in [-0.3, -0.25) is 9.69 Å². The molecular formula is C23H31ClN4O3. The molecule has 0 bridgehead atoms. The Hall–Kier alpha value is -1.96. The Morgan fingerprint density at radius 1 is 1.19 bits per heavy atom. The molecule has 1 atom stereocenters. The molecule has 168 valence electrons. The summed E-state index contributed by atoms with van der Waals surface area (Å²) >= 11 is 5.94. The number of hydrogen-bond donors (Lipinski definition) is 1. The highest BCUT2D eigenvalue weighted by Gasteiger charge is 2.26. The Labute approximate surface area is 188 Å². The van der Waals surface area contributed by atoms with Gasteiger partial charge >= 0.3 is 0 Å². The van der Waals surface area contributed by atoms with E-state index in [4.69, 9.17) is 20.9 Å². The monoisotopic (exact) mass is 446 g/mol. The van der Waals surface area contributed by atoms with Gasteiger partial charge in [0.25, 0.3) is 0 Å². The fourth-order valence-corrected chi connectivity index (χ4v) is 4.50. The molecule has 2 heterocycles. The first-order valence-electron chi connectivity index (χ1n) is 11.4. The Kier molecular flexibility index (Phi) is 7.94. The van der Waals surface area contributed by atoms with Crippen LogP contribution in [0.2, 0.25) is 5.02 Å². The third-order valence-electron chi connectivity index (χ3n) is 6.08. The van der Waals surface area contributed by atoms with Gasteiger partial charge < -0.3 is 14.6 Å². The molecule has 2 aromatic rings. The number of piperidine rings is 1. The number of nitrogens with zero attached hydrogens (tertiary/aromatic N) is 3. The van der Waals surface area contributed by atoms with Crippen LogP contribution in [0, 0.1) is 5.92 Å². The molecule has 7 nitrogen and oxygen atoms in total. The molecule has 2 aliphatic rings. The van der Waals surface area contributed by atoms with Gasteiger partial charge in [-0.15, -0.1) is 0 Å². The van der Waals surface area contributed by atoms with Gasteiger partial charge in [0.05, 0.1) is 18.6 Å². The number of nitrogens with one attached hydrogen (secondary N) is 1. The minimum absolute atomic E-state index is 0.00292. The average molecular weight is 447 g/mol. The van der Waals surface area contributed by atoms with E-state index in [0.717, 1.165) is 38.0 Å². The van der Waals surface area contributed by atoms with Crippen molar-refractivity contribution in [1.82, 2.24) is 20.4 Å². The quantitative estimate of drug-likeness (QED) is 0.585. The van der Waals surface area contributed by atoms with Gasteiger partial charge in [0, 0.05) is 30.3 Å². The standard InChI is InChI=1S/C23H31ClN4O3/c24-19-10-8-17(9-11-19)22-26-21(31-27-22)16-28-13-3-5-18(15-28)23(29)25-12-4-14-30-20-6-1-2-7-20/h8-11,18,20H,1-7,12-16H2,(H,25,29). The maximum Gasteiger partial charge on any atom is 0.241 e. The van der Waals surface area contributed by atoms with Crippen molar-refractivity contribution < 1.29 is 14.1 Å². The van der Waals surface area contributed by atoms with Crippen molar-refractivity contribution in [3.63, 3.8) is 0 Å². The van der Waals surface area contributed by atoms with E-state index < -0.39 is 0 Å². The maximum atomic E-state index is 12.6. The molecule has 1 aliphatic heterocycles. The van der Waals surface area contributed by atoms with E-state index in [9.17, 15) is 4.79 Å². The minimum Gasteiger partial charge on any atom is -0.378 e. The van der Waals surface area contributed by atoms with Crippen LogP contribution in [0.3, 0.4) is 0 Å². The van der Waals surface area contributed by atoms with E-state index >= 15 is 0 Å². The third kappa shape index (κ3) is 6.51. The van der Waals surface area contributed by atoms with Crippen molar-refractivity contribution in [2.75, 3.05) is 26.2 Å². The van der Waals surface area contributed by atoms with Gasteiger partial charge in [-0.25, -0.2) is 0 Å². The number of halogens is 1. The lowest BCUT2D eigenvalue weighted by molar-refractivity contribution is -0.126. The molecule has 1 aromatic carbocycles. The Morgan fingerprint density at radius 3 is 2.81 bits per heavy atom. The van der Waals surface area contributed by atoms with E-state index in [-0.39, 0.29) is 11.8 Å². The zero-order chi connectivity index (χ0) is 21.5. The summed E-state index contributed by atoms with van der Waals surface area (Å²) in [5, 5.41) is 7.83. The Bertz CT molecular complexity index is 836. The van der Waals surface area contributed by atoms with E-state index in [1.54, 1.807) is 0 Å². The number of likely N-dealkylation sites (tertiary alicyclic amines) is 1. The van der Waals surface area contributed by atoms with Crippen LogP contribution in [0.1, 0.15) is 50.8 Å². The fraction of sp³-hybridized carbons (Fsp3) is 0.609. The highest BCUT2D eigenvalue weighted by Crippen LogP contribution is 2.22. The molecule has 31 heavy (non-hydrogen) atoms. The van der Waals surface area contributed by atoms with Crippen molar-refractivity contribution in [3.8, 4) is 11.4 Å². The second-order valence-electron chi connectivity index (χ2n) is 8.51. The van der Waals surface area contributed by atoms with Crippen molar-refractivity contribution in [1.29, 1.82) is 0 Å². The number of carbonyl (C=O) groups is 1. The molecular weight excluding hydrogens is 416 g/mol. The van der Waals surface area contributed by atoms with E-state index in [0.29, 0.717) is 42.5 Å². The zero-order valence-corrected chi connectivity index (χ0v) is 18.6. The zero-order valence-electron chi connectivity index (χ0n) is 17.9. The Morgan fingerprint density at radius 2 is 2.00 bits per heavy atom. The highest BCUT2D eigenvalue weighted by molar-refractivity contribution is 6.30. The molecule has 1 saturated heterocycles. The molecule has 4 rings (SSSR count). The second kappa shape index (κ2) is 11.1. The molecule has 2 fully saturated rings. The molecule has 0 spiro atoms. The van der Waals surface area contributed by atoms with Crippen molar-refractivity contribution in [3.05, 3.63) is 35.2 Å². The number of rotatable bonds is 9. The van der Waals surface area contributed by atoms with Crippen LogP contribution < -0.4 is 5.32 Å². The van der Waals surface area contributed by atoms with Crippen molar-refractivity contribution in [2.24, 2.45) is 5.92 Å². The van der Waals surface area contributed by atoms with Gasteiger partial charge in [0.2, 0.25) is 17.6 Å². The summed E-state index contributed by atoms with van der Waals surface area (Å²) < 4.78 is 11.3. The summed E-state index contributed by atoms with van der Waals surface area (Å²) in [6.45, 7) is 3.60. The SMILES string of the molecule is O=C(NCCCOC1CCCC1)C1CCCN(Cc2nc(-c3ccc(Cl)cc3)no2)C1. The predicted octanol–water partition coefficient (Wildman–Crippen LogP) is 4.07. The molecule has 8 heteroatoms. The summed E-state index contributed by atoms with van der Waals surface area (Å²) in [7, 11) is 0. The smallest absolute Gasteiger partial charge is 0.241 e. The van der Waals surface area contributed by atoms with Gasteiger partial charge in [-0.1, -0.05) is 29.6 Å². The van der Waals surface area contributed by atoms with E-state index in [1.165, 1.54) is 25.7 Å². The van der Waals surface area contributed by atoms with E-state index in [2.05, 4.69) is 20.4 Å². The summed E-state index contributed by atoms with van der Waals surface area (Å²) in [5.74, 6) is 1.26. The molecule has 1 aliphatic carbocycles. The van der Waals surface area contributed by atoms with Crippen molar-refractivity contribution in [2.45, 2.75) is 57.6 Å². The van der Waals surface area contributed by atoms with Crippen LogP contribution >= 0.6 is 11.6 Å². The van der Waals surface area contributed by atoms with Crippen LogP contribution in [0.4, 0.5) is 0 Å². The number of ether oxygens (including phenoxy) is 1. The lowest BCUT2D eigenvalue weighted by atomic mass is 9.97. The van der Waals surface area contributed by atoms with Crippen LogP contribution in [-0.2, 0) is 16.1 Å². The molecule has 0 radical (unpaired) electrons. The van der Waals surface area contributed by atoms with Crippen LogP contribution in [0.15, 0.2) is 28.8 Å². The first-order valence-corrected chi connectivity index (χ1v) is 11.8. The van der Waals surface area contributed by atoms with E-state index in [1.807, 2.05) is 24.3 Å². The second-order valence-corrected chi connectivity index (χ2v) is 8.95. The number of benzene rings is 1. The number of aromatic nitrogens is 2. The lowest BCUT2D eigenvalue weighted by Gasteiger charge is -2.30. The molecule has 1 amide bonds. The van der Waals surface area contributed by atoms with Gasteiger partial charge in [0.15, 0.2) is 0 Å². The number of carbonyl (C=O) groups excluding carboxylic acids is 1. The number of amides is 1. The lowest BCUT2D eigenvalue weighted by Crippen LogP contribution is -2.43. The van der Waals surface area contributed by atoms with Gasteiger partial charge in [-0.2, -0.15) is 4.98 Å². The van der Waals surface area contributed by atoms with Crippen LogP contribution in [0.25, 0.3) is 11.4 Å². The first-order chi connectivity index (χ1) is 15.2. The summed E-state index contributed by atoms with van der Waals surface area (Å²) in [5.41, 5.74) is 0.868. The van der Waals surface area contributed by atoms with Crippen LogP contribution in [-0.4, -0.2) is 53.3 Å². The molecule has 1 unspecified atom stereocenters. The van der Waals surface area contributed by atoms with Gasteiger partial charge in [-0.05, 0) is 62.9 Å². The van der Waals surface area contributed by atoms with Gasteiger partial charge in [0.1, 0.15) is 0 Å². The number of hydrogen-bond acceptors (Lipinski definition) is 6. The largest absolute Gasteiger partial charge is 0.378 e. The molecule has 1 saturated carbocycles. The summed E-state index contributed by atoms with van der Waals surface area (Å²) in [6.07, 6.45) is 8.15. The van der Waals surface area contributed by atoms with Crippen LogP contribution in [0.5, 0.6) is 0 Å². The first kappa shape index (κ1) is 22.2. The summed E-state index contributed by atoms with van der Waals surface area (Å²) in [6, 6.07) is 7.36. The predicted molar refractivity (Wildman–Crippen MR) is 119 cm³/mol. The maximum absolute atomic E-state index is 12.6. The highest BCUT2D eigenvalue weighted by atomic mass is 35.5. The minimum atomic E-state index is 0.00292. The normalized spacial score (nSPS) is 20.2. The summed E-state index contributed by atoms with van der Waals surface area (Å²) in [4.78, 5) is 19.3. The topological polar surface area (TPSA) is 80.5 Å². The third-order valence-corrected chi connectivity index (χ3v) is 6.33. The van der Waals surface area contributed by atoms with Crippen molar-refractivity contribution >= 4 is 17.5 Å². The Balaban J connectivity index is 1.19. The molecule has 1 aromatic heterocycles. The average Bonchev–Trinajstić information content (AvgIpc) is 3.46. The fourth-order valence-electron chi connectivity index (χ4n) is 4.37. The molecule has 1 N–H and O–H groups in total.